The van der Waals surface area contributed by atoms with E-state index in [4.69, 9.17) is 10.7 Å². The van der Waals surface area contributed by atoms with Crippen LogP contribution in [0.5, 0.6) is 0 Å². The molecule has 8 heteroatoms. The van der Waals surface area contributed by atoms with E-state index in [1.54, 1.807) is 24.8 Å². The molecule has 0 saturated carbocycles. The topological polar surface area (TPSA) is 97.9 Å². The van der Waals surface area contributed by atoms with Gasteiger partial charge in [-0.2, -0.15) is 0 Å². The second-order valence-corrected chi connectivity index (χ2v) is 7.63. The van der Waals surface area contributed by atoms with E-state index in [1.165, 1.54) is 24.3 Å². The fourth-order valence-corrected chi connectivity index (χ4v) is 3.56. The second kappa shape index (κ2) is 7.81. The molecule has 1 saturated heterocycles. The Morgan fingerprint density at radius 3 is 2.65 bits per heavy atom. The van der Waals surface area contributed by atoms with Crippen molar-refractivity contribution in [2.75, 3.05) is 18.0 Å². The molecule has 0 unspecified atom stereocenters. The van der Waals surface area contributed by atoms with Gasteiger partial charge in [-0.25, -0.2) is 9.37 Å². The molecule has 1 aliphatic heterocycles. The first kappa shape index (κ1) is 19.2. The van der Waals surface area contributed by atoms with Crippen molar-refractivity contribution in [3.63, 3.8) is 0 Å². The quantitative estimate of drug-likeness (QED) is 0.502. The van der Waals surface area contributed by atoms with Crippen LogP contribution in [0.15, 0.2) is 61.2 Å². The third-order valence-corrected chi connectivity index (χ3v) is 5.28. The number of ketones is 1. The molecule has 7 nitrogen and oxygen atoms in total. The number of halogens is 1. The van der Waals surface area contributed by atoms with Gasteiger partial charge in [0.2, 0.25) is 0 Å². The summed E-state index contributed by atoms with van der Waals surface area (Å²) in [5, 5.41) is 0.854. The summed E-state index contributed by atoms with van der Waals surface area (Å²) >= 11 is 0. The van der Waals surface area contributed by atoms with E-state index in [0.717, 1.165) is 35.4 Å². The second-order valence-electron chi connectivity index (χ2n) is 7.63. The Balaban J connectivity index is 1.41. The number of Topliss-reactive ketones (excluding diaryl/α,β-unsaturated/α-hetero) is 1. The molecule has 0 aliphatic carbocycles. The number of anilines is 1. The number of nitrogens with zero attached hydrogens (tertiary/aromatic N) is 5. The minimum atomic E-state index is -0.372. The highest BCUT2D eigenvalue weighted by molar-refractivity contribution is 5.97. The van der Waals surface area contributed by atoms with Crippen LogP contribution >= 0.6 is 0 Å². The number of hydrogen-bond acceptors (Lipinski definition) is 7. The lowest BCUT2D eigenvalue weighted by Crippen LogP contribution is -2.56. The maximum absolute atomic E-state index is 13.1. The lowest BCUT2D eigenvalue weighted by molar-refractivity contribution is 0.0992. The smallest absolute Gasteiger partial charge is 0.168 e. The lowest BCUT2D eigenvalue weighted by Gasteiger charge is -2.37. The van der Waals surface area contributed by atoms with Gasteiger partial charge in [0.25, 0.3) is 0 Å². The number of aromatic nitrogens is 4. The molecule has 1 aliphatic rings. The van der Waals surface area contributed by atoms with Crippen LogP contribution in [0, 0.1) is 5.82 Å². The summed E-state index contributed by atoms with van der Waals surface area (Å²) in [6, 6.07) is 9.51. The number of nitrogens with two attached hydrogens (primary N) is 1. The van der Waals surface area contributed by atoms with Gasteiger partial charge in [0, 0.05) is 47.5 Å². The number of carbonyl (C=O) groups is 1. The Labute approximate surface area is 177 Å². The Hall–Kier alpha value is -3.78. The zero-order chi connectivity index (χ0) is 21.4. The lowest BCUT2D eigenvalue weighted by atomic mass is 10.0. The van der Waals surface area contributed by atoms with Crippen LogP contribution in [-0.4, -0.2) is 44.9 Å². The van der Waals surface area contributed by atoms with Crippen LogP contribution in [0.2, 0.25) is 0 Å². The van der Waals surface area contributed by atoms with E-state index in [2.05, 4.69) is 19.9 Å². The van der Waals surface area contributed by atoms with E-state index >= 15 is 0 Å². The highest BCUT2D eigenvalue weighted by Crippen LogP contribution is 2.24. The molecule has 0 atom stereocenters. The van der Waals surface area contributed by atoms with Gasteiger partial charge in [-0.3, -0.25) is 19.7 Å². The fraction of sp³-hybridized carbons (Fsp3) is 0.174. The maximum atomic E-state index is 13.1. The summed E-state index contributed by atoms with van der Waals surface area (Å²) in [4.78, 5) is 32.4. The van der Waals surface area contributed by atoms with Gasteiger partial charge >= 0.3 is 0 Å². The molecule has 5 rings (SSSR count). The minimum Gasteiger partial charge on any atom is -0.352 e. The summed E-state index contributed by atoms with van der Waals surface area (Å²) in [6.07, 6.45) is 6.94. The van der Waals surface area contributed by atoms with Gasteiger partial charge in [0.05, 0.1) is 36.2 Å². The number of hydrogen-bond donors (Lipinski definition) is 1. The van der Waals surface area contributed by atoms with Crippen molar-refractivity contribution in [1.29, 1.82) is 0 Å². The van der Waals surface area contributed by atoms with Crippen molar-refractivity contribution in [2.45, 2.75) is 12.5 Å². The zero-order valence-corrected chi connectivity index (χ0v) is 16.6. The summed E-state index contributed by atoms with van der Waals surface area (Å²) in [5.41, 5.74) is 9.20. The van der Waals surface area contributed by atoms with Gasteiger partial charge < -0.3 is 10.6 Å². The van der Waals surface area contributed by atoms with Crippen molar-refractivity contribution in [1.82, 2.24) is 19.9 Å². The summed E-state index contributed by atoms with van der Waals surface area (Å²) in [5.74, 6) is 0.296. The maximum Gasteiger partial charge on any atom is 0.168 e. The van der Waals surface area contributed by atoms with Crippen LogP contribution in [0.4, 0.5) is 10.2 Å². The van der Waals surface area contributed by atoms with Crippen molar-refractivity contribution >= 4 is 22.5 Å². The zero-order valence-electron chi connectivity index (χ0n) is 16.6. The Morgan fingerprint density at radius 1 is 1.06 bits per heavy atom. The molecule has 2 N–H and O–H groups in total. The molecule has 0 amide bonds. The number of fused-ring (bicyclic) bond motifs is 1. The van der Waals surface area contributed by atoms with E-state index < -0.39 is 0 Å². The Morgan fingerprint density at radius 2 is 1.87 bits per heavy atom. The predicted octanol–water partition coefficient (Wildman–Crippen LogP) is 2.80. The van der Waals surface area contributed by atoms with Crippen molar-refractivity contribution < 1.29 is 9.18 Å². The molecule has 4 heterocycles. The first-order valence-electron chi connectivity index (χ1n) is 9.91. The Kier molecular flexibility index (Phi) is 4.83. The first-order chi connectivity index (χ1) is 15.0. The summed E-state index contributed by atoms with van der Waals surface area (Å²) in [6.45, 7) is 1.54. The molecule has 0 spiro atoms. The molecule has 0 bridgehead atoms. The van der Waals surface area contributed by atoms with Crippen LogP contribution < -0.4 is 10.6 Å². The third kappa shape index (κ3) is 3.97. The average molecular weight is 414 g/mol. The van der Waals surface area contributed by atoms with Gasteiger partial charge in [-0.05, 0) is 36.4 Å². The first-order valence-corrected chi connectivity index (χ1v) is 9.91. The van der Waals surface area contributed by atoms with Crippen LogP contribution in [0.3, 0.4) is 0 Å². The minimum absolute atomic E-state index is 0.121. The van der Waals surface area contributed by atoms with E-state index in [9.17, 15) is 9.18 Å². The molecule has 4 aromatic rings. The van der Waals surface area contributed by atoms with Gasteiger partial charge in [-0.15, -0.1) is 0 Å². The van der Waals surface area contributed by atoms with Gasteiger partial charge in [0.1, 0.15) is 11.6 Å². The molecule has 31 heavy (non-hydrogen) atoms. The van der Waals surface area contributed by atoms with Gasteiger partial charge in [-0.1, -0.05) is 0 Å². The SMILES string of the molecule is NC1CN(c2cncc(-c3cnc4cnc(CC(=O)c5ccc(F)cc5)cc4c3)n2)C1. The molecule has 1 fully saturated rings. The average Bonchev–Trinajstić information content (AvgIpc) is 2.77. The largest absolute Gasteiger partial charge is 0.352 e. The van der Waals surface area contributed by atoms with Crippen molar-refractivity contribution in [2.24, 2.45) is 5.73 Å². The van der Waals surface area contributed by atoms with Crippen LogP contribution in [0.1, 0.15) is 16.1 Å². The molecular weight excluding hydrogens is 395 g/mol. The summed E-state index contributed by atoms with van der Waals surface area (Å²) in [7, 11) is 0. The number of rotatable bonds is 5. The third-order valence-electron chi connectivity index (χ3n) is 5.28. The highest BCUT2D eigenvalue weighted by Gasteiger charge is 2.24. The Bertz CT molecular complexity index is 1270. The van der Waals surface area contributed by atoms with E-state index in [1.807, 2.05) is 12.1 Å². The van der Waals surface area contributed by atoms with E-state index in [-0.39, 0.29) is 24.1 Å². The molecular formula is C23H19FN6O. The molecule has 1 aromatic carbocycles. The predicted molar refractivity (Wildman–Crippen MR) is 115 cm³/mol. The van der Waals surface area contributed by atoms with Crippen molar-refractivity contribution in [3.05, 3.63) is 78.3 Å². The monoisotopic (exact) mass is 414 g/mol. The fourth-order valence-electron chi connectivity index (χ4n) is 3.56. The molecule has 3 aromatic heterocycles. The van der Waals surface area contributed by atoms with Crippen LogP contribution in [-0.2, 0) is 6.42 Å². The highest BCUT2D eigenvalue weighted by atomic mass is 19.1. The standard InChI is InChI=1S/C23H19FN6O/c24-17-3-1-14(2-4-17)22(31)7-19-6-15-5-16(8-28-20(15)10-27-19)21-9-26-11-23(29-21)30-12-18(25)13-30/h1-6,8-11,18H,7,12-13,25H2. The van der Waals surface area contributed by atoms with Crippen molar-refractivity contribution in [3.8, 4) is 11.3 Å². The van der Waals surface area contributed by atoms with Crippen LogP contribution in [0.25, 0.3) is 22.2 Å². The normalized spacial score (nSPS) is 13.9. The number of pyridine rings is 2. The van der Waals surface area contributed by atoms with E-state index in [0.29, 0.717) is 17.0 Å². The van der Waals surface area contributed by atoms with Gasteiger partial charge in [0.15, 0.2) is 5.78 Å². The molecule has 154 valence electrons. The summed E-state index contributed by atoms with van der Waals surface area (Å²) < 4.78 is 13.1. The number of carbonyl (C=O) groups excluding carboxylic acids is 1. The molecule has 0 radical (unpaired) electrons. The number of benzene rings is 1.